The third kappa shape index (κ3) is 6.62. The molecule has 0 aliphatic rings. The van der Waals surface area contributed by atoms with Crippen LogP contribution in [0, 0.1) is 11.3 Å². The molecule has 1 heterocycles. The fraction of sp³-hybridized carbons (Fsp3) is 0.600. The summed E-state index contributed by atoms with van der Waals surface area (Å²) in [6.45, 7) is 6.65. The van der Waals surface area contributed by atoms with E-state index in [0.29, 0.717) is 13.0 Å². The summed E-state index contributed by atoms with van der Waals surface area (Å²) in [6.07, 6.45) is 0.525. The highest BCUT2D eigenvalue weighted by Crippen LogP contribution is 2.24. The van der Waals surface area contributed by atoms with Crippen LogP contribution in [-0.4, -0.2) is 35.6 Å². The van der Waals surface area contributed by atoms with Gasteiger partial charge in [-0.05, 0) is 34.2 Å². The van der Waals surface area contributed by atoms with E-state index in [1.165, 1.54) is 0 Å². The Morgan fingerprint density at radius 2 is 2.10 bits per heavy atom. The van der Waals surface area contributed by atoms with Crippen LogP contribution in [-0.2, 0) is 11.3 Å². The number of amides is 2. The van der Waals surface area contributed by atoms with E-state index in [1.807, 2.05) is 37.6 Å². The number of rotatable bonds is 6. The monoisotopic (exact) mass is 312 g/mol. The topological polar surface area (TPSA) is 69.6 Å². The minimum absolute atomic E-state index is 0.0869. The van der Waals surface area contributed by atoms with E-state index in [4.69, 9.17) is 0 Å². The van der Waals surface area contributed by atoms with Gasteiger partial charge < -0.3 is 15.3 Å². The van der Waals surface area contributed by atoms with E-state index < -0.39 is 11.9 Å². The zero-order valence-electron chi connectivity index (χ0n) is 13.0. The summed E-state index contributed by atoms with van der Waals surface area (Å²) in [5, 5.41) is 15.9. The summed E-state index contributed by atoms with van der Waals surface area (Å²) < 4.78 is 0. The van der Waals surface area contributed by atoms with Gasteiger partial charge in [-0.3, -0.25) is 4.79 Å². The number of nitrogens with one attached hydrogen (secondary N) is 1. The van der Waals surface area contributed by atoms with Gasteiger partial charge in [-0.2, -0.15) is 11.3 Å². The van der Waals surface area contributed by atoms with Crippen LogP contribution in [0.25, 0.3) is 0 Å². The first-order valence-electron chi connectivity index (χ1n) is 6.92. The first-order chi connectivity index (χ1) is 9.69. The molecule has 0 bridgehead atoms. The molecule has 2 amide bonds. The van der Waals surface area contributed by atoms with Crippen LogP contribution in [0.5, 0.6) is 0 Å². The molecular weight excluding hydrogens is 288 g/mol. The van der Waals surface area contributed by atoms with Gasteiger partial charge in [0, 0.05) is 20.1 Å². The second-order valence-electron chi connectivity index (χ2n) is 6.47. The Hall–Kier alpha value is -1.56. The standard InChI is InChI=1S/C15H24N2O3S/c1-15(2,3)7-12(13(18)19)8-16-14(20)17(4)9-11-5-6-21-10-11/h5-6,10,12H,7-9H2,1-4H3,(H,16,20)(H,18,19). The molecule has 0 saturated carbocycles. The molecule has 1 atom stereocenters. The molecule has 0 aliphatic carbocycles. The van der Waals surface area contributed by atoms with Gasteiger partial charge in [-0.25, -0.2) is 4.79 Å². The number of carbonyl (C=O) groups is 2. The zero-order valence-corrected chi connectivity index (χ0v) is 13.9. The molecule has 5 nitrogen and oxygen atoms in total. The van der Waals surface area contributed by atoms with Crippen molar-refractivity contribution in [1.29, 1.82) is 0 Å². The number of carboxylic acid groups (broad SMARTS) is 1. The van der Waals surface area contributed by atoms with Gasteiger partial charge >= 0.3 is 12.0 Å². The molecule has 21 heavy (non-hydrogen) atoms. The van der Waals surface area contributed by atoms with Crippen molar-refractivity contribution in [2.45, 2.75) is 33.7 Å². The Balaban J connectivity index is 2.47. The summed E-state index contributed by atoms with van der Waals surface area (Å²) in [7, 11) is 1.70. The number of hydrogen-bond donors (Lipinski definition) is 2. The Morgan fingerprint density at radius 1 is 1.43 bits per heavy atom. The maximum Gasteiger partial charge on any atom is 0.317 e. The van der Waals surface area contributed by atoms with Gasteiger partial charge in [0.2, 0.25) is 0 Å². The molecule has 0 radical (unpaired) electrons. The second-order valence-corrected chi connectivity index (χ2v) is 7.25. The highest BCUT2D eigenvalue weighted by Gasteiger charge is 2.25. The summed E-state index contributed by atoms with van der Waals surface area (Å²) in [5.41, 5.74) is 0.984. The van der Waals surface area contributed by atoms with E-state index in [2.05, 4.69) is 5.32 Å². The van der Waals surface area contributed by atoms with Gasteiger partial charge in [0.1, 0.15) is 0 Å². The van der Waals surface area contributed by atoms with Crippen molar-refractivity contribution in [3.63, 3.8) is 0 Å². The molecule has 0 aromatic carbocycles. The van der Waals surface area contributed by atoms with Gasteiger partial charge in [-0.1, -0.05) is 20.8 Å². The Morgan fingerprint density at radius 3 is 2.57 bits per heavy atom. The number of carbonyl (C=O) groups excluding carboxylic acids is 1. The zero-order chi connectivity index (χ0) is 16.0. The lowest BCUT2D eigenvalue weighted by Gasteiger charge is -2.24. The lowest BCUT2D eigenvalue weighted by atomic mass is 9.84. The van der Waals surface area contributed by atoms with E-state index >= 15 is 0 Å². The third-order valence-electron chi connectivity index (χ3n) is 3.05. The fourth-order valence-corrected chi connectivity index (χ4v) is 2.72. The second kappa shape index (κ2) is 7.45. The predicted octanol–water partition coefficient (Wildman–Crippen LogP) is 3.03. The molecule has 0 fully saturated rings. The lowest BCUT2D eigenvalue weighted by molar-refractivity contribution is -0.142. The average molecular weight is 312 g/mol. The molecule has 1 aromatic rings. The Bertz CT molecular complexity index is 466. The van der Waals surface area contributed by atoms with Crippen LogP contribution >= 0.6 is 11.3 Å². The number of hydrogen-bond acceptors (Lipinski definition) is 3. The van der Waals surface area contributed by atoms with Crippen LogP contribution in [0.3, 0.4) is 0 Å². The smallest absolute Gasteiger partial charge is 0.317 e. The normalized spacial score (nSPS) is 12.8. The van der Waals surface area contributed by atoms with Gasteiger partial charge in [-0.15, -0.1) is 0 Å². The van der Waals surface area contributed by atoms with E-state index in [1.54, 1.807) is 23.3 Å². The highest BCUT2D eigenvalue weighted by molar-refractivity contribution is 7.07. The van der Waals surface area contributed by atoms with Crippen molar-refractivity contribution < 1.29 is 14.7 Å². The number of urea groups is 1. The van der Waals surface area contributed by atoms with E-state index in [0.717, 1.165) is 5.56 Å². The summed E-state index contributed by atoms with van der Waals surface area (Å²) in [6, 6.07) is 1.72. The number of carboxylic acids is 1. The van der Waals surface area contributed by atoms with Crippen LogP contribution in [0.4, 0.5) is 4.79 Å². The Labute approximate surface area is 130 Å². The highest BCUT2D eigenvalue weighted by atomic mass is 32.1. The largest absolute Gasteiger partial charge is 0.481 e. The predicted molar refractivity (Wildman–Crippen MR) is 84.4 cm³/mol. The van der Waals surface area contributed by atoms with Crippen molar-refractivity contribution >= 4 is 23.3 Å². The number of aliphatic carboxylic acids is 1. The number of thiophene rings is 1. The molecule has 1 aromatic heterocycles. The number of nitrogens with zero attached hydrogens (tertiary/aromatic N) is 1. The van der Waals surface area contributed by atoms with Gasteiger partial charge in [0.25, 0.3) is 0 Å². The first kappa shape index (κ1) is 17.5. The van der Waals surface area contributed by atoms with E-state index in [-0.39, 0.29) is 18.0 Å². The maximum atomic E-state index is 12.0. The minimum atomic E-state index is -0.870. The van der Waals surface area contributed by atoms with E-state index in [9.17, 15) is 14.7 Å². The molecule has 1 unspecified atom stereocenters. The SMILES string of the molecule is CN(Cc1ccsc1)C(=O)NCC(CC(C)(C)C)C(=O)O. The molecule has 2 N–H and O–H groups in total. The summed E-state index contributed by atoms with van der Waals surface area (Å²) >= 11 is 1.59. The molecule has 6 heteroatoms. The Kier molecular flexibility index (Phi) is 6.20. The fourth-order valence-electron chi connectivity index (χ4n) is 2.06. The lowest BCUT2D eigenvalue weighted by Crippen LogP contribution is -2.41. The van der Waals surface area contributed by atoms with Crippen LogP contribution in [0.1, 0.15) is 32.8 Å². The minimum Gasteiger partial charge on any atom is -0.481 e. The van der Waals surface area contributed by atoms with Crippen LogP contribution in [0.15, 0.2) is 16.8 Å². The quantitative estimate of drug-likeness (QED) is 0.848. The molecule has 118 valence electrons. The molecule has 0 aliphatic heterocycles. The van der Waals surface area contributed by atoms with Crippen molar-refractivity contribution in [2.75, 3.05) is 13.6 Å². The van der Waals surface area contributed by atoms with Gasteiger partial charge in [0.15, 0.2) is 0 Å². The maximum absolute atomic E-state index is 12.0. The first-order valence-corrected chi connectivity index (χ1v) is 7.86. The molecular formula is C15H24N2O3S. The van der Waals surface area contributed by atoms with Gasteiger partial charge in [0.05, 0.1) is 5.92 Å². The van der Waals surface area contributed by atoms with Crippen molar-refractivity contribution in [3.05, 3.63) is 22.4 Å². The third-order valence-corrected chi connectivity index (χ3v) is 3.79. The molecule has 0 saturated heterocycles. The van der Waals surface area contributed by atoms with Crippen LogP contribution < -0.4 is 5.32 Å². The van der Waals surface area contributed by atoms with Crippen LogP contribution in [0.2, 0.25) is 0 Å². The van der Waals surface area contributed by atoms with Crippen molar-refractivity contribution in [2.24, 2.45) is 11.3 Å². The van der Waals surface area contributed by atoms with Crippen molar-refractivity contribution in [3.8, 4) is 0 Å². The molecule has 1 rings (SSSR count). The average Bonchev–Trinajstić information content (AvgIpc) is 2.85. The summed E-state index contributed by atoms with van der Waals surface area (Å²) in [4.78, 5) is 24.8. The summed E-state index contributed by atoms with van der Waals surface area (Å²) in [5.74, 6) is -1.44. The van der Waals surface area contributed by atoms with Crippen molar-refractivity contribution in [1.82, 2.24) is 10.2 Å². The molecule has 0 spiro atoms.